The number of alkyl halides is 3. The number of carbonyl (C=O) groups is 2. The minimum Gasteiger partial charge on any atom is -0.444 e. The maximum absolute atomic E-state index is 13.2. The number of hydrogen-bond donors (Lipinski definition) is 1. The SMILES string of the molecule is CC(C)(C)OC(=O)N1CCN(Cc2ccc(C=O)cc2C(F)(F)F)CC1.CNc1cc(Br)ccn1. The molecular weight excluding hydrogens is 529 g/mol. The highest BCUT2D eigenvalue weighted by Gasteiger charge is 2.34. The summed E-state index contributed by atoms with van der Waals surface area (Å²) in [6.45, 7) is 7.13. The van der Waals surface area contributed by atoms with Gasteiger partial charge in [-0.25, -0.2) is 9.78 Å². The van der Waals surface area contributed by atoms with Gasteiger partial charge in [0.1, 0.15) is 17.7 Å². The summed E-state index contributed by atoms with van der Waals surface area (Å²) < 4.78 is 46.1. The molecule has 35 heavy (non-hydrogen) atoms. The Morgan fingerprint density at radius 3 is 2.29 bits per heavy atom. The molecule has 0 atom stereocenters. The number of piperazine rings is 1. The van der Waals surface area contributed by atoms with Gasteiger partial charge in [0.05, 0.1) is 5.56 Å². The van der Waals surface area contributed by atoms with Crippen LogP contribution < -0.4 is 5.32 Å². The van der Waals surface area contributed by atoms with Gasteiger partial charge in [-0.3, -0.25) is 9.69 Å². The number of nitrogens with one attached hydrogen (secondary N) is 1. The zero-order chi connectivity index (χ0) is 26.2. The van der Waals surface area contributed by atoms with Crippen LogP contribution in [0, 0.1) is 0 Å². The van der Waals surface area contributed by atoms with Crippen LogP contribution in [-0.2, 0) is 17.5 Å². The monoisotopic (exact) mass is 558 g/mol. The van der Waals surface area contributed by atoms with E-state index in [0.29, 0.717) is 32.5 Å². The second kappa shape index (κ2) is 12.3. The van der Waals surface area contributed by atoms with Crippen molar-refractivity contribution in [1.29, 1.82) is 0 Å². The number of halogens is 4. The molecule has 192 valence electrons. The molecule has 11 heteroatoms. The fraction of sp³-hybridized carbons (Fsp3) is 0.458. The van der Waals surface area contributed by atoms with Gasteiger partial charge in [-0.15, -0.1) is 0 Å². The molecule has 1 aliphatic rings. The molecule has 1 aromatic carbocycles. The molecule has 0 radical (unpaired) electrons. The van der Waals surface area contributed by atoms with Crippen molar-refractivity contribution in [1.82, 2.24) is 14.8 Å². The summed E-state index contributed by atoms with van der Waals surface area (Å²) in [5.41, 5.74) is -1.27. The van der Waals surface area contributed by atoms with Gasteiger partial charge in [-0.2, -0.15) is 13.2 Å². The third-order valence-electron chi connectivity index (χ3n) is 4.97. The molecule has 0 spiro atoms. The molecule has 1 saturated heterocycles. The number of ether oxygens (including phenoxy) is 1. The first-order valence-corrected chi connectivity index (χ1v) is 11.8. The molecule has 1 aromatic heterocycles. The molecule has 7 nitrogen and oxygen atoms in total. The lowest BCUT2D eigenvalue weighted by Gasteiger charge is -2.35. The second-order valence-electron chi connectivity index (χ2n) is 8.89. The summed E-state index contributed by atoms with van der Waals surface area (Å²) in [5, 5.41) is 2.93. The number of hydrogen-bond acceptors (Lipinski definition) is 6. The van der Waals surface area contributed by atoms with E-state index in [1.54, 1.807) is 31.9 Å². The number of pyridine rings is 1. The first-order valence-electron chi connectivity index (χ1n) is 11.0. The predicted octanol–water partition coefficient (Wildman–Crippen LogP) is 5.46. The van der Waals surface area contributed by atoms with Gasteiger partial charge in [0.15, 0.2) is 0 Å². The van der Waals surface area contributed by atoms with Gasteiger partial charge >= 0.3 is 12.3 Å². The number of aromatic nitrogens is 1. The van der Waals surface area contributed by atoms with E-state index in [2.05, 4.69) is 26.2 Å². The number of carbonyl (C=O) groups excluding carboxylic acids is 2. The molecule has 1 fully saturated rings. The van der Waals surface area contributed by atoms with Crippen molar-refractivity contribution in [3.05, 3.63) is 57.7 Å². The van der Waals surface area contributed by atoms with Crippen LogP contribution in [0.15, 0.2) is 41.0 Å². The van der Waals surface area contributed by atoms with Crippen LogP contribution in [0.2, 0.25) is 0 Å². The lowest BCUT2D eigenvalue weighted by molar-refractivity contribution is -0.138. The summed E-state index contributed by atoms with van der Waals surface area (Å²) in [6.07, 6.45) is -2.79. The normalized spacial score (nSPS) is 14.6. The van der Waals surface area contributed by atoms with Crippen LogP contribution in [0.3, 0.4) is 0 Å². The van der Waals surface area contributed by atoms with E-state index in [9.17, 15) is 22.8 Å². The van der Waals surface area contributed by atoms with Gasteiger partial charge < -0.3 is 15.0 Å². The maximum Gasteiger partial charge on any atom is 0.416 e. The summed E-state index contributed by atoms with van der Waals surface area (Å²) in [6, 6.07) is 7.40. The number of benzene rings is 1. The molecule has 2 aromatic rings. The lowest BCUT2D eigenvalue weighted by atomic mass is 10.0. The van der Waals surface area contributed by atoms with Crippen LogP contribution >= 0.6 is 15.9 Å². The Morgan fingerprint density at radius 1 is 1.14 bits per heavy atom. The Kier molecular flexibility index (Phi) is 10.1. The molecule has 3 rings (SSSR count). The molecular formula is C24H30BrF3N4O3. The first kappa shape index (κ1) is 28.6. The number of rotatable bonds is 4. The van der Waals surface area contributed by atoms with Crippen LogP contribution in [0.5, 0.6) is 0 Å². The molecule has 1 amide bonds. The maximum atomic E-state index is 13.2. The van der Waals surface area contributed by atoms with Crippen molar-refractivity contribution in [3.63, 3.8) is 0 Å². The Labute approximate surface area is 211 Å². The van der Waals surface area contributed by atoms with E-state index in [4.69, 9.17) is 4.74 Å². The summed E-state index contributed by atoms with van der Waals surface area (Å²) in [5.74, 6) is 0.879. The Balaban J connectivity index is 0.000000402. The van der Waals surface area contributed by atoms with Gasteiger partial charge in [0.25, 0.3) is 0 Å². The highest BCUT2D eigenvalue weighted by atomic mass is 79.9. The Morgan fingerprint density at radius 2 is 1.80 bits per heavy atom. The molecule has 2 heterocycles. The fourth-order valence-electron chi connectivity index (χ4n) is 3.27. The van der Waals surface area contributed by atoms with Crippen LogP contribution in [0.1, 0.15) is 42.3 Å². The minimum absolute atomic E-state index is 0.00387. The van der Waals surface area contributed by atoms with Crippen molar-refractivity contribution in [2.45, 2.75) is 39.1 Å². The molecule has 0 unspecified atom stereocenters. The van der Waals surface area contributed by atoms with E-state index in [1.165, 1.54) is 12.1 Å². The number of aldehydes is 1. The number of anilines is 1. The average molecular weight is 559 g/mol. The zero-order valence-corrected chi connectivity index (χ0v) is 21.7. The Hall–Kier alpha value is -2.66. The second-order valence-corrected chi connectivity index (χ2v) is 9.80. The zero-order valence-electron chi connectivity index (χ0n) is 20.2. The van der Waals surface area contributed by atoms with Crippen molar-refractivity contribution in [2.75, 3.05) is 38.5 Å². The molecule has 0 bridgehead atoms. The van der Waals surface area contributed by atoms with E-state index in [1.807, 2.05) is 24.1 Å². The highest BCUT2D eigenvalue weighted by Crippen LogP contribution is 2.33. The van der Waals surface area contributed by atoms with Crippen molar-refractivity contribution in [3.8, 4) is 0 Å². The van der Waals surface area contributed by atoms with Crippen molar-refractivity contribution < 1.29 is 27.5 Å². The topological polar surface area (TPSA) is 74.8 Å². The van der Waals surface area contributed by atoms with Gasteiger partial charge in [-0.05, 0) is 44.5 Å². The van der Waals surface area contributed by atoms with E-state index >= 15 is 0 Å². The summed E-state index contributed by atoms with van der Waals surface area (Å²) >= 11 is 3.32. The van der Waals surface area contributed by atoms with Crippen molar-refractivity contribution in [2.24, 2.45) is 0 Å². The molecule has 1 aliphatic heterocycles. The number of nitrogens with zero attached hydrogens (tertiary/aromatic N) is 3. The molecule has 0 saturated carbocycles. The van der Waals surface area contributed by atoms with E-state index in [0.717, 1.165) is 16.4 Å². The summed E-state index contributed by atoms with van der Waals surface area (Å²) in [4.78, 5) is 30.2. The van der Waals surface area contributed by atoms with E-state index < -0.39 is 23.4 Å². The first-order chi connectivity index (χ1) is 16.3. The van der Waals surface area contributed by atoms with Gasteiger partial charge in [-0.1, -0.05) is 28.1 Å². The van der Waals surface area contributed by atoms with Crippen LogP contribution in [-0.4, -0.2) is 66.0 Å². The van der Waals surface area contributed by atoms with Crippen molar-refractivity contribution >= 4 is 34.1 Å². The largest absolute Gasteiger partial charge is 0.444 e. The van der Waals surface area contributed by atoms with Crippen LogP contribution in [0.4, 0.5) is 23.8 Å². The van der Waals surface area contributed by atoms with Gasteiger partial charge in [0.2, 0.25) is 0 Å². The summed E-state index contributed by atoms with van der Waals surface area (Å²) in [7, 11) is 1.84. The third-order valence-corrected chi connectivity index (χ3v) is 5.46. The Bertz CT molecular complexity index is 1000. The smallest absolute Gasteiger partial charge is 0.416 e. The molecule has 1 N–H and O–H groups in total. The van der Waals surface area contributed by atoms with E-state index in [-0.39, 0.29) is 17.7 Å². The quantitative estimate of drug-likeness (QED) is 0.502. The third kappa shape index (κ3) is 9.48. The predicted molar refractivity (Wildman–Crippen MR) is 131 cm³/mol. The highest BCUT2D eigenvalue weighted by molar-refractivity contribution is 9.10. The number of amides is 1. The lowest BCUT2D eigenvalue weighted by Crippen LogP contribution is -2.49. The molecule has 0 aliphatic carbocycles. The van der Waals surface area contributed by atoms with Gasteiger partial charge in [0, 0.05) is 56.0 Å². The minimum atomic E-state index is -4.52. The van der Waals surface area contributed by atoms with Crippen LogP contribution in [0.25, 0.3) is 0 Å². The standard InChI is InChI=1S/C18H23F3N2O3.C6H7BrN2/c1-17(2,3)26-16(25)23-8-6-22(7-9-23)11-14-5-4-13(12-24)10-15(14)18(19,20)21;1-8-6-4-5(7)2-3-9-6/h4-5,10,12H,6-9,11H2,1-3H3;2-4H,1H3,(H,8,9). The average Bonchev–Trinajstić information content (AvgIpc) is 2.78. The fourth-order valence-corrected chi connectivity index (χ4v) is 3.60.